The van der Waals surface area contributed by atoms with Gasteiger partial charge in [-0.1, -0.05) is 31.9 Å². The molecule has 1 rings (SSSR count). The van der Waals surface area contributed by atoms with Crippen LogP contribution >= 0.6 is 0 Å². The summed E-state index contributed by atoms with van der Waals surface area (Å²) in [6.45, 7) is 2.76. The molecular formula is C13H21NO3. The summed E-state index contributed by atoms with van der Waals surface area (Å²) in [7, 11) is 0. The number of aliphatic carboxylic acids is 1. The lowest BCUT2D eigenvalue weighted by Crippen LogP contribution is -2.39. The molecule has 2 N–H and O–H groups in total. The fraction of sp³-hybridized carbons (Fsp3) is 0.692. The van der Waals surface area contributed by atoms with E-state index in [1.54, 1.807) is 0 Å². The molecule has 1 amide bonds. The molecule has 0 unspecified atom stereocenters. The van der Waals surface area contributed by atoms with Crippen molar-refractivity contribution in [1.29, 1.82) is 0 Å². The van der Waals surface area contributed by atoms with Gasteiger partial charge < -0.3 is 10.4 Å². The second-order valence-electron chi connectivity index (χ2n) is 4.49. The summed E-state index contributed by atoms with van der Waals surface area (Å²) in [5.74, 6) is -1.95. The van der Waals surface area contributed by atoms with Crippen LogP contribution in [0.5, 0.6) is 0 Å². The lowest BCUT2D eigenvalue weighted by Gasteiger charge is -2.24. The Hall–Kier alpha value is -1.32. The molecule has 0 spiro atoms. The minimum absolute atomic E-state index is 0.113. The first-order chi connectivity index (χ1) is 8.16. The molecule has 0 heterocycles. The highest BCUT2D eigenvalue weighted by Crippen LogP contribution is 2.25. The number of unbranched alkanes of at least 4 members (excludes halogenated alkanes) is 2. The summed E-state index contributed by atoms with van der Waals surface area (Å²) in [5, 5.41) is 11.9. The van der Waals surface area contributed by atoms with Crippen molar-refractivity contribution in [3.63, 3.8) is 0 Å². The molecule has 4 nitrogen and oxygen atoms in total. The first-order valence-electron chi connectivity index (χ1n) is 6.32. The Labute approximate surface area is 102 Å². The molecule has 0 bridgehead atoms. The number of carboxylic acids is 1. The standard InChI is InChI=1S/C13H21NO3/c1-2-3-6-9-14-12(15)10-7-4-5-8-11(10)13(16)17/h4-5,10-11H,2-3,6-9H2,1H3,(H,14,15)(H,16,17)/t10-,11-/m0/s1. The van der Waals surface area contributed by atoms with Gasteiger partial charge in [-0.25, -0.2) is 0 Å². The molecule has 17 heavy (non-hydrogen) atoms. The van der Waals surface area contributed by atoms with E-state index in [-0.39, 0.29) is 5.91 Å². The van der Waals surface area contributed by atoms with Crippen LogP contribution in [-0.2, 0) is 9.59 Å². The maximum absolute atomic E-state index is 11.9. The van der Waals surface area contributed by atoms with Gasteiger partial charge >= 0.3 is 5.97 Å². The van der Waals surface area contributed by atoms with E-state index in [2.05, 4.69) is 12.2 Å². The SMILES string of the molecule is CCCCCNC(=O)[C@H]1CC=CC[C@@H]1C(=O)O. The quantitative estimate of drug-likeness (QED) is 0.550. The van der Waals surface area contributed by atoms with E-state index in [0.717, 1.165) is 19.3 Å². The van der Waals surface area contributed by atoms with Crippen LogP contribution < -0.4 is 5.32 Å². The first kappa shape index (κ1) is 13.7. The molecule has 0 aliphatic heterocycles. The monoisotopic (exact) mass is 239 g/mol. The largest absolute Gasteiger partial charge is 0.481 e. The van der Waals surface area contributed by atoms with E-state index in [9.17, 15) is 9.59 Å². The van der Waals surface area contributed by atoms with Gasteiger partial charge in [-0.15, -0.1) is 0 Å². The highest BCUT2D eigenvalue weighted by molar-refractivity contribution is 5.85. The van der Waals surface area contributed by atoms with Crippen molar-refractivity contribution in [2.75, 3.05) is 6.54 Å². The van der Waals surface area contributed by atoms with Crippen molar-refractivity contribution < 1.29 is 14.7 Å². The number of hydrogen-bond donors (Lipinski definition) is 2. The average Bonchev–Trinajstić information content (AvgIpc) is 2.34. The second kappa shape index (κ2) is 7.09. The van der Waals surface area contributed by atoms with Crippen LogP contribution in [0.2, 0.25) is 0 Å². The van der Waals surface area contributed by atoms with Crippen molar-refractivity contribution >= 4 is 11.9 Å². The Morgan fingerprint density at radius 3 is 2.47 bits per heavy atom. The summed E-state index contributed by atoms with van der Waals surface area (Å²) in [6, 6.07) is 0. The second-order valence-corrected chi connectivity index (χ2v) is 4.49. The van der Waals surface area contributed by atoms with Gasteiger partial charge in [-0.3, -0.25) is 9.59 Å². The lowest BCUT2D eigenvalue weighted by atomic mass is 9.82. The minimum Gasteiger partial charge on any atom is -0.481 e. The van der Waals surface area contributed by atoms with E-state index in [1.807, 2.05) is 12.2 Å². The van der Waals surface area contributed by atoms with Crippen LogP contribution in [0.15, 0.2) is 12.2 Å². The molecule has 1 aliphatic rings. The summed E-state index contributed by atoms with van der Waals surface area (Å²) in [5.41, 5.74) is 0. The number of nitrogens with one attached hydrogen (secondary N) is 1. The number of carbonyl (C=O) groups excluding carboxylic acids is 1. The Kier molecular flexibility index (Phi) is 5.73. The summed E-state index contributed by atoms with van der Waals surface area (Å²) < 4.78 is 0. The summed E-state index contributed by atoms with van der Waals surface area (Å²) in [4.78, 5) is 22.9. The van der Waals surface area contributed by atoms with Gasteiger partial charge in [0.2, 0.25) is 5.91 Å². The Morgan fingerprint density at radius 2 is 1.88 bits per heavy atom. The van der Waals surface area contributed by atoms with Gasteiger partial charge in [0.25, 0.3) is 0 Å². The third kappa shape index (κ3) is 4.21. The predicted octanol–water partition coefficient (Wildman–Crippen LogP) is 1.96. The van der Waals surface area contributed by atoms with Crippen LogP contribution in [-0.4, -0.2) is 23.5 Å². The Morgan fingerprint density at radius 1 is 1.24 bits per heavy atom. The van der Waals surface area contributed by atoms with Gasteiger partial charge in [-0.2, -0.15) is 0 Å². The zero-order chi connectivity index (χ0) is 12.7. The van der Waals surface area contributed by atoms with Crippen molar-refractivity contribution in [1.82, 2.24) is 5.32 Å². The Bertz CT molecular complexity index is 299. The smallest absolute Gasteiger partial charge is 0.307 e. The van der Waals surface area contributed by atoms with Gasteiger partial charge in [0.15, 0.2) is 0 Å². The van der Waals surface area contributed by atoms with Crippen molar-refractivity contribution in [3.05, 3.63) is 12.2 Å². The van der Waals surface area contributed by atoms with E-state index in [1.165, 1.54) is 0 Å². The van der Waals surface area contributed by atoms with E-state index in [4.69, 9.17) is 5.11 Å². The fourth-order valence-corrected chi connectivity index (χ4v) is 2.09. The van der Waals surface area contributed by atoms with Crippen LogP contribution in [0.3, 0.4) is 0 Å². The first-order valence-corrected chi connectivity index (χ1v) is 6.32. The third-order valence-corrected chi connectivity index (χ3v) is 3.17. The van der Waals surface area contributed by atoms with E-state index in [0.29, 0.717) is 19.4 Å². The molecule has 2 atom stereocenters. The molecule has 0 saturated heterocycles. The van der Waals surface area contributed by atoms with Crippen molar-refractivity contribution in [2.24, 2.45) is 11.8 Å². The molecule has 0 aromatic carbocycles. The molecule has 4 heteroatoms. The van der Waals surface area contributed by atoms with E-state index >= 15 is 0 Å². The topological polar surface area (TPSA) is 66.4 Å². The molecule has 0 radical (unpaired) electrons. The maximum atomic E-state index is 11.9. The normalized spacial score (nSPS) is 23.4. The van der Waals surface area contributed by atoms with Crippen LogP contribution in [0, 0.1) is 11.8 Å². The molecule has 0 aromatic heterocycles. The van der Waals surface area contributed by atoms with E-state index < -0.39 is 17.8 Å². The third-order valence-electron chi connectivity index (χ3n) is 3.17. The van der Waals surface area contributed by atoms with Crippen LogP contribution in [0.25, 0.3) is 0 Å². The molecular weight excluding hydrogens is 218 g/mol. The summed E-state index contributed by atoms with van der Waals surface area (Å²) in [6.07, 6.45) is 7.91. The fourth-order valence-electron chi connectivity index (χ4n) is 2.09. The summed E-state index contributed by atoms with van der Waals surface area (Å²) >= 11 is 0. The molecule has 0 aromatic rings. The van der Waals surface area contributed by atoms with Gasteiger partial charge in [-0.05, 0) is 19.3 Å². The minimum atomic E-state index is -0.872. The molecule has 0 fully saturated rings. The number of rotatable bonds is 6. The van der Waals surface area contributed by atoms with Crippen LogP contribution in [0.4, 0.5) is 0 Å². The highest BCUT2D eigenvalue weighted by Gasteiger charge is 2.33. The average molecular weight is 239 g/mol. The molecule has 96 valence electrons. The molecule has 1 aliphatic carbocycles. The van der Waals surface area contributed by atoms with Gasteiger partial charge in [0.05, 0.1) is 11.8 Å². The lowest BCUT2D eigenvalue weighted by molar-refractivity contribution is -0.147. The zero-order valence-corrected chi connectivity index (χ0v) is 10.3. The zero-order valence-electron chi connectivity index (χ0n) is 10.3. The maximum Gasteiger partial charge on any atom is 0.307 e. The van der Waals surface area contributed by atoms with Gasteiger partial charge in [0.1, 0.15) is 0 Å². The molecule has 0 saturated carbocycles. The van der Waals surface area contributed by atoms with Crippen molar-refractivity contribution in [2.45, 2.75) is 39.0 Å². The number of carbonyl (C=O) groups is 2. The number of allylic oxidation sites excluding steroid dienone is 2. The van der Waals surface area contributed by atoms with Crippen molar-refractivity contribution in [3.8, 4) is 0 Å². The number of amides is 1. The van der Waals surface area contributed by atoms with Crippen LogP contribution in [0.1, 0.15) is 39.0 Å². The Balaban J connectivity index is 2.43. The number of hydrogen-bond acceptors (Lipinski definition) is 2. The highest BCUT2D eigenvalue weighted by atomic mass is 16.4. The predicted molar refractivity (Wildman–Crippen MR) is 65.5 cm³/mol. The number of carboxylic acid groups (broad SMARTS) is 1. The van der Waals surface area contributed by atoms with Gasteiger partial charge in [0, 0.05) is 6.54 Å².